The van der Waals surface area contributed by atoms with Crippen LogP contribution < -0.4 is 5.73 Å². The van der Waals surface area contributed by atoms with Gasteiger partial charge in [0.15, 0.2) is 0 Å². The standard InChI is InChI=1S/C11H17N3O2S/c1-14(8-7-11(12)13)17(15,16)9-10-5-3-2-4-6-10/h2-6H,7-9H2,1H3,(H3,12,13). The molecule has 0 fully saturated rings. The van der Waals surface area contributed by atoms with Crippen molar-refractivity contribution in [2.24, 2.45) is 5.73 Å². The van der Waals surface area contributed by atoms with Crippen molar-refractivity contribution in [2.45, 2.75) is 12.2 Å². The quantitative estimate of drug-likeness (QED) is 0.581. The van der Waals surface area contributed by atoms with Crippen LogP contribution in [-0.4, -0.2) is 32.2 Å². The molecule has 0 saturated carbocycles. The Labute approximate surface area is 102 Å². The Morgan fingerprint density at radius 2 is 1.94 bits per heavy atom. The van der Waals surface area contributed by atoms with Gasteiger partial charge in [-0.3, -0.25) is 5.41 Å². The van der Waals surface area contributed by atoms with Gasteiger partial charge < -0.3 is 5.73 Å². The van der Waals surface area contributed by atoms with Crippen LogP contribution in [0.4, 0.5) is 0 Å². The van der Waals surface area contributed by atoms with Crippen molar-refractivity contribution < 1.29 is 8.42 Å². The van der Waals surface area contributed by atoms with E-state index in [2.05, 4.69) is 0 Å². The molecule has 3 N–H and O–H groups in total. The van der Waals surface area contributed by atoms with Gasteiger partial charge in [0.1, 0.15) is 0 Å². The van der Waals surface area contributed by atoms with E-state index < -0.39 is 10.0 Å². The van der Waals surface area contributed by atoms with E-state index in [0.29, 0.717) is 0 Å². The van der Waals surface area contributed by atoms with Crippen LogP contribution in [0, 0.1) is 5.41 Å². The van der Waals surface area contributed by atoms with E-state index in [4.69, 9.17) is 11.1 Å². The summed E-state index contributed by atoms with van der Waals surface area (Å²) in [5.41, 5.74) is 5.95. The van der Waals surface area contributed by atoms with Gasteiger partial charge in [-0.25, -0.2) is 12.7 Å². The molecule has 0 radical (unpaired) electrons. The van der Waals surface area contributed by atoms with Crippen molar-refractivity contribution in [3.8, 4) is 0 Å². The molecule has 0 heterocycles. The van der Waals surface area contributed by atoms with Crippen LogP contribution in [0.15, 0.2) is 30.3 Å². The van der Waals surface area contributed by atoms with Crippen LogP contribution in [0.3, 0.4) is 0 Å². The fourth-order valence-corrected chi connectivity index (χ4v) is 2.52. The van der Waals surface area contributed by atoms with Gasteiger partial charge in [-0.05, 0) is 5.56 Å². The van der Waals surface area contributed by atoms with Crippen LogP contribution >= 0.6 is 0 Å². The first-order chi connectivity index (χ1) is 7.92. The van der Waals surface area contributed by atoms with Crippen molar-refractivity contribution in [3.05, 3.63) is 35.9 Å². The maximum absolute atomic E-state index is 11.9. The average Bonchev–Trinajstić information content (AvgIpc) is 2.26. The Hall–Kier alpha value is -1.40. The van der Waals surface area contributed by atoms with E-state index >= 15 is 0 Å². The largest absolute Gasteiger partial charge is 0.388 e. The Morgan fingerprint density at radius 3 is 2.47 bits per heavy atom. The van der Waals surface area contributed by atoms with Crippen molar-refractivity contribution in [2.75, 3.05) is 13.6 Å². The molecular formula is C11H17N3O2S. The lowest BCUT2D eigenvalue weighted by atomic mass is 10.2. The molecule has 0 aromatic heterocycles. The number of rotatable bonds is 6. The molecule has 5 nitrogen and oxygen atoms in total. The molecule has 0 aliphatic carbocycles. The summed E-state index contributed by atoms with van der Waals surface area (Å²) in [4.78, 5) is 0. The minimum Gasteiger partial charge on any atom is -0.388 e. The number of hydrogen-bond donors (Lipinski definition) is 2. The van der Waals surface area contributed by atoms with Gasteiger partial charge in [-0.1, -0.05) is 30.3 Å². The highest BCUT2D eigenvalue weighted by Crippen LogP contribution is 2.09. The summed E-state index contributed by atoms with van der Waals surface area (Å²) in [5, 5.41) is 7.07. The lowest BCUT2D eigenvalue weighted by molar-refractivity contribution is 0.477. The third kappa shape index (κ3) is 4.54. The molecule has 94 valence electrons. The molecule has 0 aliphatic heterocycles. The average molecular weight is 255 g/mol. The molecule has 0 atom stereocenters. The number of hydrogen-bond acceptors (Lipinski definition) is 3. The summed E-state index contributed by atoms with van der Waals surface area (Å²) >= 11 is 0. The van der Waals surface area contributed by atoms with Crippen molar-refractivity contribution in [1.29, 1.82) is 5.41 Å². The second-order valence-corrected chi connectivity index (χ2v) is 5.91. The molecule has 1 aromatic carbocycles. The van der Waals surface area contributed by atoms with E-state index in [1.54, 1.807) is 24.3 Å². The Balaban J connectivity index is 2.65. The van der Waals surface area contributed by atoms with Gasteiger partial charge in [0.05, 0.1) is 11.6 Å². The Kier molecular flexibility index (Phi) is 4.65. The minimum absolute atomic E-state index is 0.00763. The number of nitrogens with zero attached hydrogens (tertiary/aromatic N) is 1. The van der Waals surface area contributed by atoms with E-state index in [1.807, 2.05) is 6.07 Å². The van der Waals surface area contributed by atoms with E-state index in [0.717, 1.165) is 5.56 Å². The number of nitrogens with one attached hydrogen (secondary N) is 1. The smallest absolute Gasteiger partial charge is 0.218 e. The van der Waals surface area contributed by atoms with Gasteiger partial charge in [-0.15, -0.1) is 0 Å². The number of benzene rings is 1. The van der Waals surface area contributed by atoms with Gasteiger partial charge in [0, 0.05) is 20.0 Å². The molecule has 0 saturated heterocycles. The van der Waals surface area contributed by atoms with Gasteiger partial charge in [0.2, 0.25) is 10.0 Å². The van der Waals surface area contributed by atoms with Gasteiger partial charge in [-0.2, -0.15) is 0 Å². The minimum atomic E-state index is -3.33. The van der Waals surface area contributed by atoms with Crippen molar-refractivity contribution in [3.63, 3.8) is 0 Å². The maximum atomic E-state index is 11.9. The van der Waals surface area contributed by atoms with Crippen molar-refractivity contribution >= 4 is 15.9 Å². The molecular weight excluding hydrogens is 238 g/mol. The van der Waals surface area contributed by atoms with Gasteiger partial charge in [0.25, 0.3) is 0 Å². The summed E-state index contributed by atoms with van der Waals surface area (Å²) in [5.74, 6) is -0.0332. The third-order valence-electron chi connectivity index (χ3n) is 2.36. The predicted octanol–water partition coefficient (Wildman–Crippen LogP) is 0.774. The van der Waals surface area contributed by atoms with E-state index in [1.165, 1.54) is 11.4 Å². The number of amidine groups is 1. The summed E-state index contributed by atoms with van der Waals surface area (Å²) in [6.45, 7) is 0.241. The maximum Gasteiger partial charge on any atom is 0.218 e. The van der Waals surface area contributed by atoms with Crippen LogP contribution in [0.1, 0.15) is 12.0 Å². The number of nitrogens with two attached hydrogens (primary N) is 1. The lowest BCUT2D eigenvalue weighted by Gasteiger charge is -2.16. The first-order valence-electron chi connectivity index (χ1n) is 5.22. The van der Waals surface area contributed by atoms with Crippen molar-refractivity contribution in [1.82, 2.24) is 4.31 Å². The van der Waals surface area contributed by atoms with Crippen LogP contribution in [0.5, 0.6) is 0 Å². The zero-order valence-corrected chi connectivity index (χ0v) is 10.6. The SMILES string of the molecule is CN(CCC(=N)N)S(=O)(=O)Cc1ccccc1. The zero-order valence-electron chi connectivity index (χ0n) is 9.76. The highest BCUT2D eigenvalue weighted by Gasteiger charge is 2.18. The second-order valence-electron chi connectivity index (χ2n) is 3.84. The molecule has 1 rings (SSSR count). The predicted molar refractivity (Wildman–Crippen MR) is 68.2 cm³/mol. The summed E-state index contributed by atoms with van der Waals surface area (Å²) in [7, 11) is -1.83. The Bertz CT molecular complexity index is 471. The highest BCUT2D eigenvalue weighted by molar-refractivity contribution is 7.88. The van der Waals surface area contributed by atoms with Crippen LogP contribution in [0.25, 0.3) is 0 Å². The molecule has 0 spiro atoms. The topological polar surface area (TPSA) is 87.2 Å². The molecule has 0 bridgehead atoms. The molecule has 0 unspecified atom stereocenters. The molecule has 0 amide bonds. The monoisotopic (exact) mass is 255 g/mol. The summed E-state index contributed by atoms with van der Waals surface area (Å²) in [6.07, 6.45) is 0.254. The van der Waals surface area contributed by atoms with E-state index in [-0.39, 0.29) is 24.6 Å². The van der Waals surface area contributed by atoms with Gasteiger partial charge >= 0.3 is 0 Å². The molecule has 0 aliphatic rings. The first kappa shape index (κ1) is 13.7. The summed E-state index contributed by atoms with van der Waals surface area (Å²) < 4.78 is 25.1. The fraction of sp³-hybridized carbons (Fsp3) is 0.364. The van der Waals surface area contributed by atoms with Crippen LogP contribution in [-0.2, 0) is 15.8 Å². The highest BCUT2D eigenvalue weighted by atomic mass is 32.2. The normalized spacial score (nSPS) is 11.6. The molecule has 6 heteroatoms. The van der Waals surface area contributed by atoms with E-state index in [9.17, 15) is 8.42 Å². The number of sulfonamides is 1. The second kappa shape index (κ2) is 5.79. The summed E-state index contributed by atoms with van der Waals surface area (Å²) in [6, 6.07) is 9.00. The fourth-order valence-electron chi connectivity index (χ4n) is 1.31. The zero-order chi connectivity index (χ0) is 12.9. The lowest BCUT2D eigenvalue weighted by Crippen LogP contribution is -2.31. The molecule has 17 heavy (non-hydrogen) atoms. The Morgan fingerprint density at radius 1 is 1.35 bits per heavy atom. The molecule has 1 aromatic rings. The third-order valence-corrected chi connectivity index (χ3v) is 4.19. The van der Waals surface area contributed by atoms with Crippen LogP contribution in [0.2, 0.25) is 0 Å². The first-order valence-corrected chi connectivity index (χ1v) is 6.83.